The van der Waals surface area contributed by atoms with Crippen LogP contribution in [-0.2, 0) is 0 Å². The molecule has 0 aliphatic carbocycles. The Morgan fingerprint density at radius 3 is 2.71 bits per heavy atom. The van der Waals surface area contributed by atoms with E-state index in [4.69, 9.17) is 11.6 Å². The van der Waals surface area contributed by atoms with Gasteiger partial charge in [0.1, 0.15) is 0 Å². The molecule has 1 aromatic carbocycles. The first-order valence-electron chi connectivity index (χ1n) is 5.25. The topological polar surface area (TPSA) is 29.1 Å². The summed E-state index contributed by atoms with van der Waals surface area (Å²) in [6.07, 6.45) is 0.843. The van der Waals surface area contributed by atoms with Crippen LogP contribution in [-0.4, -0.2) is 16.8 Å². The molecular formula is C12H14Br2ClNO. The molecule has 0 heterocycles. The third-order valence-electron chi connectivity index (χ3n) is 2.66. The second-order valence-electron chi connectivity index (χ2n) is 4.13. The number of halogens is 3. The van der Waals surface area contributed by atoms with E-state index >= 15 is 0 Å². The van der Waals surface area contributed by atoms with Gasteiger partial charge in [-0.1, -0.05) is 50.4 Å². The molecule has 0 aliphatic rings. The monoisotopic (exact) mass is 381 g/mol. The molecule has 1 unspecified atom stereocenters. The van der Waals surface area contributed by atoms with E-state index in [1.807, 2.05) is 19.9 Å². The fourth-order valence-corrected chi connectivity index (χ4v) is 2.33. The van der Waals surface area contributed by atoms with Gasteiger partial charge >= 0.3 is 0 Å². The van der Waals surface area contributed by atoms with E-state index in [9.17, 15) is 4.79 Å². The van der Waals surface area contributed by atoms with E-state index in [-0.39, 0.29) is 11.4 Å². The number of benzene rings is 1. The highest BCUT2D eigenvalue weighted by molar-refractivity contribution is 9.10. The van der Waals surface area contributed by atoms with Crippen LogP contribution in [0.1, 0.15) is 30.6 Å². The minimum absolute atomic E-state index is 0.153. The molecular weight excluding hydrogens is 369 g/mol. The van der Waals surface area contributed by atoms with Gasteiger partial charge in [-0.3, -0.25) is 4.79 Å². The van der Waals surface area contributed by atoms with Gasteiger partial charge < -0.3 is 5.32 Å². The lowest BCUT2D eigenvalue weighted by atomic mass is 10.0. The molecule has 94 valence electrons. The molecule has 5 heteroatoms. The fraction of sp³-hybridized carbons (Fsp3) is 0.417. The Labute approximate surface area is 123 Å². The van der Waals surface area contributed by atoms with Gasteiger partial charge in [0.25, 0.3) is 5.91 Å². The van der Waals surface area contributed by atoms with Crippen molar-refractivity contribution >= 4 is 49.4 Å². The predicted molar refractivity (Wildman–Crippen MR) is 79.1 cm³/mol. The molecule has 0 aromatic heterocycles. The number of alkyl halides is 1. The normalized spacial score (nSPS) is 14.2. The van der Waals surface area contributed by atoms with Gasteiger partial charge in [-0.05, 0) is 31.5 Å². The minimum Gasteiger partial charge on any atom is -0.346 e. The molecule has 1 N–H and O–H groups in total. The zero-order valence-corrected chi connectivity index (χ0v) is 13.6. The lowest BCUT2D eigenvalue weighted by molar-refractivity contribution is 0.0913. The summed E-state index contributed by atoms with van der Waals surface area (Å²) >= 11 is 12.8. The summed E-state index contributed by atoms with van der Waals surface area (Å²) in [6, 6.07) is 5.24. The highest BCUT2D eigenvalue weighted by atomic mass is 79.9. The van der Waals surface area contributed by atoms with Crippen molar-refractivity contribution < 1.29 is 4.79 Å². The minimum atomic E-state index is -0.261. The molecule has 1 rings (SSSR count). The van der Waals surface area contributed by atoms with Crippen LogP contribution in [0.5, 0.6) is 0 Å². The highest BCUT2D eigenvalue weighted by Gasteiger charge is 2.24. The van der Waals surface area contributed by atoms with E-state index in [1.165, 1.54) is 0 Å². The van der Waals surface area contributed by atoms with E-state index in [2.05, 4.69) is 37.2 Å². The maximum Gasteiger partial charge on any atom is 0.253 e. The van der Waals surface area contributed by atoms with Crippen LogP contribution in [0.25, 0.3) is 0 Å². The molecule has 17 heavy (non-hydrogen) atoms. The largest absolute Gasteiger partial charge is 0.346 e. The second kappa shape index (κ2) is 6.21. The van der Waals surface area contributed by atoms with Crippen LogP contribution in [0.3, 0.4) is 0 Å². The van der Waals surface area contributed by atoms with Gasteiger partial charge in [0.05, 0.1) is 10.6 Å². The lowest BCUT2D eigenvalue weighted by Gasteiger charge is -2.27. The summed E-state index contributed by atoms with van der Waals surface area (Å²) in [7, 11) is 0. The van der Waals surface area contributed by atoms with Gasteiger partial charge in [-0.15, -0.1) is 0 Å². The molecule has 1 aromatic rings. The predicted octanol–water partition coefficient (Wildman–Crippen LogP) is 4.40. The van der Waals surface area contributed by atoms with Crippen LogP contribution in [0, 0.1) is 0 Å². The number of amides is 1. The molecule has 0 fully saturated rings. The molecule has 1 amide bonds. The Morgan fingerprint density at radius 1 is 1.53 bits per heavy atom. The van der Waals surface area contributed by atoms with Crippen LogP contribution < -0.4 is 5.32 Å². The quantitative estimate of drug-likeness (QED) is 0.768. The number of nitrogens with one attached hydrogen (secondary N) is 1. The fourth-order valence-electron chi connectivity index (χ4n) is 1.23. The Hall–Kier alpha value is -0.0600. The lowest BCUT2D eigenvalue weighted by Crippen LogP contribution is -2.47. The Bertz CT molecular complexity index is 419. The molecule has 0 saturated heterocycles. The number of rotatable bonds is 4. The van der Waals surface area contributed by atoms with Gasteiger partial charge in [0.2, 0.25) is 0 Å². The van der Waals surface area contributed by atoms with Gasteiger partial charge in [0.15, 0.2) is 0 Å². The first-order chi connectivity index (χ1) is 7.91. The SMILES string of the molecule is CCC(C)(CBr)NC(=O)c1cc(Br)ccc1Cl. The Kier molecular flexibility index (Phi) is 5.48. The summed E-state index contributed by atoms with van der Waals surface area (Å²) < 4.78 is 0.837. The van der Waals surface area contributed by atoms with E-state index in [1.54, 1.807) is 12.1 Å². The van der Waals surface area contributed by atoms with Crippen molar-refractivity contribution in [1.82, 2.24) is 5.32 Å². The van der Waals surface area contributed by atoms with Crippen molar-refractivity contribution in [2.45, 2.75) is 25.8 Å². The maximum atomic E-state index is 12.1. The van der Waals surface area contributed by atoms with Crippen LogP contribution in [0.15, 0.2) is 22.7 Å². The zero-order chi connectivity index (χ0) is 13.1. The molecule has 0 radical (unpaired) electrons. The standard InChI is InChI=1S/C12H14Br2ClNO/c1-3-12(2,7-13)16-11(17)9-6-8(14)4-5-10(9)15/h4-6H,3,7H2,1-2H3,(H,16,17). The number of hydrogen-bond donors (Lipinski definition) is 1. The van der Waals surface area contributed by atoms with Crippen molar-refractivity contribution in [2.24, 2.45) is 0 Å². The summed E-state index contributed by atoms with van der Waals surface area (Å²) in [5.74, 6) is -0.153. The van der Waals surface area contributed by atoms with Gasteiger partial charge in [-0.25, -0.2) is 0 Å². The van der Waals surface area contributed by atoms with Gasteiger partial charge in [-0.2, -0.15) is 0 Å². The van der Waals surface area contributed by atoms with Crippen LogP contribution in [0.2, 0.25) is 5.02 Å². The molecule has 0 spiro atoms. The van der Waals surface area contributed by atoms with Crippen molar-refractivity contribution in [3.63, 3.8) is 0 Å². The third-order valence-corrected chi connectivity index (χ3v) is 4.72. The summed E-state index contributed by atoms with van der Waals surface area (Å²) in [5, 5.41) is 4.15. The zero-order valence-electron chi connectivity index (χ0n) is 9.69. The third kappa shape index (κ3) is 3.97. The molecule has 0 aliphatic heterocycles. The van der Waals surface area contributed by atoms with Gasteiger partial charge in [0, 0.05) is 15.3 Å². The van der Waals surface area contributed by atoms with Crippen LogP contribution >= 0.6 is 43.5 Å². The molecule has 0 saturated carbocycles. The first-order valence-corrected chi connectivity index (χ1v) is 7.54. The van der Waals surface area contributed by atoms with E-state index < -0.39 is 0 Å². The highest BCUT2D eigenvalue weighted by Crippen LogP contribution is 2.22. The number of carbonyl (C=O) groups excluding carboxylic acids is 1. The first kappa shape index (κ1) is 15.0. The van der Waals surface area contributed by atoms with Crippen LogP contribution in [0.4, 0.5) is 0 Å². The smallest absolute Gasteiger partial charge is 0.253 e. The van der Waals surface area contributed by atoms with Crippen molar-refractivity contribution in [1.29, 1.82) is 0 Å². The second-order valence-corrected chi connectivity index (χ2v) is 6.01. The molecule has 1 atom stereocenters. The number of carbonyl (C=O) groups is 1. The Morgan fingerprint density at radius 2 is 2.18 bits per heavy atom. The maximum absolute atomic E-state index is 12.1. The number of hydrogen-bond acceptors (Lipinski definition) is 1. The summed E-state index contributed by atoms with van der Waals surface area (Å²) in [4.78, 5) is 12.1. The van der Waals surface area contributed by atoms with Crippen molar-refractivity contribution in [3.05, 3.63) is 33.3 Å². The molecule has 2 nitrogen and oxygen atoms in total. The summed E-state index contributed by atoms with van der Waals surface area (Å²) in [6.45, 7) is 4.02. The van der Waals surface area contributed by atoms with Crippen molar-refractivity contribution in [2.75, 3.05) is 5.33 Å². The summed E-state index contributed by atoms with van der Waals surface area (Å²) in [5.41, 5.74) is 0.226. The average Bonchev–Trinajstić information content (AvgIpc) is 2.32. The average molecular weight is 384 g/mol. The van der Waals surface area contributed by atoms with E-state index in [0.29, 0.717) is 15.9 Å². The molecule has 0 bridgehead atoms. The van der Waals surface area contributed by atoms with E-state index in [0.717, 1.165) is 10.9 Å². The Balaban J connectivity index is 2.94. The van der Waals surface area contributed by atoms with Crippen molar-refractivity contribution in [3.8, 4) is 0 Å².